The second-order valence-electron chi connectivity index (χ2n) is 9.86. The number of rotatable bonds is 12. The Bertz CT molecular complexity index is 1880. The van der Waals surface area contributed by atoms with Gasteiger partial charge >= 0.3 is 0 Å². The molecular weight excluding hydrogens is 572 g/mol. The predicted molar refractivity (Wildman–Crippen MR) is 165 cm³/mol. The molecule has 1 amide bonds. The van der Waals surface area contributed by atoms with Crippen LogP contribution >= 0.6 is 0 Å². The molecule has 0 bridgehead atoms. The molecule has 5 aromatic rings. The molecule has 0 aliphatic carbocycles. The number of methoxy groups -OCH3 is 3. The lowest BCUT2D eigenvalue weighted by molar-refractivity contribution is 0.102. The largest absolute Gasteiger partial charge is 0.493 e. The molecule has 11 heteroatoms. The summed E-state index contributed by atoms with van der Waals surface area (Å²) in [4.78, 5) is 16.8. The molecule has 0 atom stereocenters. The Kier molecular flexibility index (Phi) is 8.74. The topological polar surface area (TPSA) is 136 Å². The third-order valence-corrected chi connectivity index (χ3v) is 7.90. The van der Waals surface area contributed by atoms with Gasteiger partial charge in [0.1, 0.15) is 18.1 Å². The van der Waals surface area contributed by atoms with E-state index >= 15 is 0 Å². The van der Waals surface area contributed by atoms with Crippen molar-refractivity contribution in [1.29, 1.82) is 0 Å². The third kappa shape index (κ3) is 6.52. The second-order valence-corrected chi connectivity index (χ2v) is 11.4. The maximum Gasteiger partial charge on any atom is 0.272 e. The van der Waals surface area contributed by atoms with Crippen LogP contribution in [0.1, 0.15) is 28.0 Å². The van der Waals surface area contributed by atoms with E-state index in [1.165, 1.54) is 21.3 Å². The fourth-order valence-corrected chi connectivity index (χ4v) is 5.63. The first-order valence-corrected chi connectivity index (χ1v) is 15.1. The molecule has 3 N–H and O–H groups in total. The predicted octanol–water partition coefficient (Wildman–Crippen LogP) is 6.00. The highest BCUT2D eigenvalue weighted by Gasteiger charge is 2.22. The zero-order valence-corrected chi connectivity index (χ0v) is 24.8. The van der Waals surface area contributed by atoms with Crippen LogP contribution in [0.2, 0.25) is 0 Å². The van der Waals surface area contributed by atoms with E-state index in [0.29, 0.717) is 46.2 Å². The summed E-state index contributed by atoms with van der Waals surface area (Å²) in [7, 11) is 0.367. The Balaban J connectivity index is 1.56. The lowest BCUT2D eigenvalue weighted by atomic mass is 9.98. The highest BCUT2D eigenvalue weighted by molar-refractivity contribution is 7.85. The Hall–Kier alpha value is -4.74. The molecule has 1 heterocycles. The summed E-state index contributed by atoms with van der Waals surface area (Å²) in [6, 6.07) is 22.5. The average Bonchev–Trinajstić information content (AvgIpc) is 3.44. The van der Waals surface area contributed by atoms with Crippen molar-refractivity contribution >= 4 is 43.4 Å². The van der Waals surface area contributed by atoms with Crippen molar-refractivity contribution in [3.63, 3.8) is 0 Å². The maximum absolute atomic E-state index is 13.7. The molecule has 0 saturated heterocycles. The lowest BCUT2D eigenvalue weighted by Crippen LogP contribution is -2.15. The van der Waals surface area contributed by atoms with Gasteiger partial charge in [-0.15, -0.1) is 0 Å². The van der Waals surface area contributed by atoms with Gasteiger partial charge in [-0.2, -0.15) is 8.42 Å². The summed E-state index contributed by atoms with van der Waals surface area (Å²) in [5.74, 6) is 0.949. The fourth-order valence-electron chi connectivity index (χ4n) is 5.13. The summed E-state index contributed by atoms with van der Waals surface area (Å²) in [6.45, 7) is 0.311. The number of benzene rings is 4. The van der Waals surface area contributed by atoms with Crippen molar-refractivity contribution in [3.05, 3.63) is 89.6 Å². The smallest absolute Gasteiger partial charge is 0.272 e. The number of aryl methyl sites for hydroxylation is 1. The van der Waals surface area contributed by atoms with Crippen LogP contribution < -0.4 is 24.3 Å². The van der Waals surface area contributed by atoms with Gasteiger partial charge in [0.2, 0.25) is 5.75 Å². The van der Waals surface area contributed by atoms with Crippen molar-refractivity contribution < 1.29 is 36.7 Å². The highest BCUT2D eigenvalue weighted by atomic mass is 32.2. The Morgan fingerprint density at radius 2 is 1.56 bits per heavy atom. The molecule has 0 spiro atoms. The first-order chi connectivity index (χ1) is 20.7. The molecule has 0 fully saturated rings. The molecule has 0 aliphatic rings. The Morgan fingerprint density at radius 3 is 2.23 bits per heavy atom. The minimum atomic E-state index is -4.16. The summed E-state index contributed by atoms with van der Waals surface area (Å²) in [5, 5.41) is 5.28. The standard InChI is InChI=1S/C32H32N2O8S/c1-39-28-17-21-16-26(33-29(21)31(41-3)30(28)40-2)32(35)34-25-18-27(42-19-20-10-5-4-6-11-20)24-13-8-7-12-22(24)23(25)14-9-15-43(36,37)38/h4-8,10-13,16-18,33H,9,14-15,19H2,1-3H3,(H,34,35)(H,36,37,38). The van der Waals surface area contributed by atoms with Gasteiger partial charge in [-0.1, -0.05) is 54.6 Å². The molecule has 5 rings (SSSR count). The van der Waals surface area contributed by atoms with Gasteiger partial charge in [-0.05, 0) is 41.5 Å². The third-order valence-electron chi connectivity index (χ3n) is 7.10. The summed E-state index contributed by atoms with van der Waals surface area (Å²) < 4.78 is 55.0. The van der Waals surface area contributed by atoms with E-state index in [-0.39, 0.29) is 18.5 Å². The average molecular weight is 605 g/mol. The molecular formula is C32H32N2O8S. The molecule has 224 valence electrons. The summed E-state index contributed by atoms with van der Waals surface area (Å²) >= 11 is 0. The van der Waals surface area contributed by atoms with Crippen molar-refractivity contribution in [2.24, 2.45) is 0 Å². The first-order valence-electron chi connectivity index (χ1n) is 13.5. The first kappa shape index (κ1) is 29.7. The van der Waals surface area contributed by atoms with Gasteiger partial charge in [0, 0.05) is 22.5 Å². The molecule has 0 unspecified atom stereocenters. The normalized spacial score (nSPS) is 11.4. The number of carbonyl (C=O) groups is 1. The number of hydrogen-bond donors (Lipinski definition) is 3. The minimum absolute atomic E-state index is 0.152. The number of aromatic nitrogens is 1. The highest BCUT2D eigenvalue weighted by Crippen LogP contribution is 2.43. The van der Waals surface area contributed by atoms with E-state index in [9.17, 15) is 17.8 Å². The Morgan fingerprint density at radius 1 is 0.860 bits per heavy atom. The number of H-pyrrole nitrogens is 1. The molecule has 0 saturated carbocycles. The van der Waals surface area contributed by atoms with Gasteiger partial charge in [0.05, 0.1) is 32.6 Å². The van der Waals surface area contributed by atoms with Crippen LogP contribution in [0.3, 0.4) is 0 Å². The molecule has 43 heavy (non-hydrogen) atoms. The number of nitrogens with one attached hydrogen (secondary N) is 2. The van der Waals surface area contributed by atoms with Gasteiger partial charge < -0.3 is 29.2 Å². The second kappa shape index (κ2) is 12.6. The van der Waals surface area contributed by atoms with Crippen LogP contribution in [0, 0.1) is 0 Å². The van der Waals surface area contributed by atoms with E-state index in [1.54, 1.807) is 18.2 Å². The quantitative estimate of drug-likeness (QED) is 0.148. The number of fused-ring (bicyclic) bond motifs is 2. The van der Waals surface area contributed by atoms with Crippen LogP contribution in [-0.2, 0) is 23.1 Å². The number of carbonyl (C=O) groups excluding carboxylic acids is 1. The van der Waals surface area contributed by atoms with Crippen molar-refractivity contribution in [2.75, 3.05) is 32.4 Å². The van der Waals surface area contributed by atoms with Crippen LogP contribution in [0.25, 0.3) is 21.7 Å². The zero-order chi connectivity index (χ0) is 30.6. The SMILES string of the molecule is COc1cc2cc(C(=O)Nc3cc(OCc4ccccc4)c4ccccc4c3CCCS(=O)(=O)O)[nH]c2c(OC)c1OC. The van der Waals surface area contributed by atoms with Gasteiger partial charge in [-0.3, -0.25) is 9.35 Å². The van der Waals surface area contributed by atoms with E-state index < -0.39 is 21.8 Å². The molecule has 1 aromatic heterocycles. The maximum atomic E-state index is 13.7. The zero-order valence-electron chi connectivity index (χ0n) is 24.0. The summed E-state index contributed by atoms with van der Waals surface area (Å²) in [5.41, 5.74) is 2.98. The van der Waals surface area contributed by atoms with E-state index in [2.05, 4.69) is 10.3 Å². The number of hydrogen-bond acceptors (Lipinski definition) is 7. The minimum Gasteiger partial charge on any atom is -0.493 e. The number of amides is 1. The lowest BCUT2D eigenvalue weighted by Gasteiger charge is -2.18. The molecule has 0 aliphatic heterocycles. The molecule has 10 nitrogen and oxygen atoms in total. The van der Waals surface area contributed by atoms with Crippen molar-refractivity contribution in [2.45, 2.75) is 19.4 Å². The van der Waals surface area contributed by atoms with E-state index in [1.807, 2.05) is 54.6 Å². The van der Waals surface area contributed by atoms with Crippen LogP contribution in [0.15, 0.2) is 72.8 Å². The summed E-state index contributed by atoms with van der Waals surface area (Å²) in [6.07, 6.45) is 0.433. The van der Waals surface area contributed by atoms with Crippen molar-refractivity contribution in [3.8, 4) is 23.0 Å². The Labute approximate surface area is 249 Å². The monoisotopic (exact) mass is 604 g/mol. The van der Waals surface area contributed by atoms with Gasteiger partial charge in [0.15, 0.2) is 11.5 Å². The van der Waals surface area contributed by atoms with Crippen LogP contribution in [0.5, 0.6) is 23.0 Å². The molecule has 4 aromatic carbocycles. The van der Waals surface area contributed by atoms with Crippen molar-refractivity contribution in [1.82, 2.24) is 4.98 Å². The van der Waals surface area contributed by atoms with Crippen LogP contribution in [0.4, 0.5) is 5.69 Å². The van der Waals surface area contributed by atoms with E-state index in [4.69, 9.17) is 18.9 Å². The van der Waals surface area contributed by atoms with E-state index in [0.717, 1.165) is 21.9 Å². The molecule has 0 radical (unpaired) electrons. The fraction of sp³-hybridized carbons (Fsp3) is 0.219. The van der Waals surface area contributed by atoms with Gasteiger partial charge in [-0.25, -0.2) is 0 Å². The number of anilines is 1. The number of ether oxygens (including phenoxy) is 4. The number of aromatic amines is 1. The van der Waals surface area contributed by atoms with Gasteiger partial charge in [0.25, 0.3) is 16.0 Å². The van der Waals surface area contributed by atoms with Crippen LogP contribution in [-0.4, -0.2) is 50.9 Å².